The zero-order chi connectivity index (χ0) is 15.4. The number of nitrogens with one attached hydrogen (secondary N) is 1. The first-order valence-corrected chi connectivity index (χ1v) is 9.05. The molecule has 0 aromatic heterocycles. The van der Waals surface area contributed by atoms with E-state index in [1.165, 1.54) is 45.1 Å². The van der Waals surface area contributed by atoms with Crippen LogP contribution in [-0.2, 0) is 4.79 Å². The van der Waals surface area contributed by atoms with Crippen molar-refractivity contribution in [3.8, 4) is 0 Å². The van der Waals surface area contributed by atoms with Gasteiger partial charge in [-0.2, -0.15) is 0 Å². The zero-order valence-corrected chi connectivity index (χ0v) is 14.4. The minimum atomic E-state index is 0.0929. The predicted molar refractivity (Wildman–Crippen MR) is 88.2 cm³/mol. The van der Waals surface area contributed by atoms with Crippen molar-refractivity contribution in [2.45, 2.75) is 78.3 Å². The summed E-state index contributed by atoms with van der Waals surface area (Å²) in [6.07, 6.45) is 7.89. The van der Waals surface area contributed by atoms with E-state index in [0.717, 1.165) is 18.4 Å². The number of likely N-dealkylation sites (tertiary alicyclic amines) is 1. The molecule has 3 atom stereocenters. The van der Waals surface area contributed by atoms with Crippen LogP contribution in [0.5, 0.6) is 0 Å². The summed E-state index contributed by atoms with van der Waals surface area (Å²) in [5.41, 5.74) is 0. The minimum Gasteiger partial charge on any atom is -0.352 e. The van der Waals surface area contributed by atoms with Gasteiger partial charge in [-0.1, -0.05) is 33.6 Å². The maximum absolute atomic E-state index is 12.0. The summed E-state index contributed by atoms with van der Waals surface area (Å²) < 4.78 is 0. The molecule has 0 spiro atoms. The molecule has 3 unspecified atom stereocenters. The normalized spacial score (nSPS) is 28.6. The summed E-state index contributed by atoms with van der Waals surface area (Å²) >= 11 is 0. The molecule has 122 valence electrons. The number of amides is 1. The highest BCUT2D eigenvalue weighted by atomic mass is 16.1. The van der Waals surface area contributed by atoms with Gasteiger partial charge in [-0.3, -0.25) is 9.69 Å². The molecule has 1 N–H and O–H groups in total. The average molecular weight is 294 g/mol. The van der Waals surface area contributed by atoms with Gasteiger partial charge >= 0.3 is 0 Å². The van der Waals surface area contributed by atoms with E-state index >= 15 is 0 Å². The maximum Gasteiger partial charge on any atom is 0.222 e. The van der Waals surface area contributed by atoms with Gasteiger partial charge in [-0.25, -0.2) is 0 Å². The van der Waals surface area contributed by atoms with Crippen molar-refractivity contribution in [1.82, 2.24) is 10.2 Å². The van der Waals surface area contributed by atoms with Crippen LogP contribution in [0.3, 0.4) is 0 Å². The summed E-state index contributed by atoms with van der Waals surface area (Å²) in [6, 6.07) is 1.06. The van der Waals surface area contributed by atoms with Gasteiger partial charge in [0.25, 0.3) is 0 Å². The van der Waals surface area contributed by atoms with Crippen LogP contribution in [0.4, 0.5) is 0 Å². The Morgan fingerprint density at radius 1 is 1.24 bits per heavy atom. The number of hydrogen-bond acceptors (Lipinski definition) is 2. The third kappa shape index (κ3) is 4.98. The number of carbonyl (C=O) groups excluding carboxylic acids is 1. The molecule has 1 saturated carbocycles. The molecule has 1 aliphatic heterocycles. The number of piperidine rings is 1. The summed E-state index contributed by atoms with van der Waals surface area (Å²) in [6.45, 7) is 10.9. The number of unbranched alkanes of at least 4 members (excludes halogenated alkanes) is 1. The lowest BCUT2D eigenvalue weighted by Gasteiger charge is -2.41. The zero-order valence-electron chi connectivity index (χ0n) is 14.4. The van der Waals surface area contributed by atoms with E-state index in [2.05, 4.69) is 24.1 Å². The molecule has 21 heavy (non-hydrogen) atoms. The molecular formula is C18H34N2O. The molecule has 3 nitrogen and oxygen atoms in total. The Kier molecular flexibility index (Phi) is 6.09. The third-order valence-corrected chi connectivity index (χ3v) is 5.28. The number of carbonyl (C=O) groups is 1. The van der Waals surface area contributed by atoms with Crippen LogP contribution in [0.25, 0.3) is 0 Å². The smallest absolute Gasteiger partial charge is 0.222 e. The van der Waals surface area contributed by atoms with E-state index in [-0.39, 0.29) is 11.8 Å². The van der Waals surface area contributed by atoms with Gasteiger partial charge in [0.1, 0.15) is 0 Å². The molecule has 0 aromatic carbocycles. The van der Waals surface area contributed by atoms with Crippen molar-refractivity contribution in [3.63, 3.8) is 0 Å². The number of rotatable bonds is 7. The van der Waals surface area contributed by atoms with Crippen LogP contribution in [-0.4, -0.2) is 36.0 Å². The fourth-order valence-corrected chi connectivity index (χ4v) is 3.62. The Hall–Kier alpha value is -0.570. The van der Waals surface area contributed by atoms with Gasteiger partial charge in [0.2, 0.25) is 5.91 Å². The molecule has 1 heterocycles. The molecule has 2 aliphatic rings. The van der Waals surface area contributed by atoms with E-state index in [0.29, 0.717) is 12.1 Å². The molecule has 0 radical (unpaired) electrons. The molecule has 1 aliphatic carbocycles. The van der Waals surface area contributed by atoms with E-state index in [9.17, 15) is 4.79 Å². The molecule has 0 aromatic rings. The monoisotopic (exact) mass is 294 g/mol. The van der Waals surface area contributed by atoms with Crippen LogP contribution in [0.2, 0.25) is 0 Å². The van der Waals surface area contributed by atoms with E-state index in [1.807, 2.05) is 13.8 Å². The quantitative estimate of drug-likeness (QED) is 0.780. The van der Waals surface area contributed by atoms with Gasteiger partial charge in [-0.15, -0.1) is 0 Å². The second kappa shape index (κ2) is 7.62. The van der Waals surface area contributed by atoms with E-state index in [1.54, 1.807) is 0 Å². The van der Waals surface area contributed by atoms with Crippen molar-refractivity contribution in [2.75, 3.05) is 13.1 Å². The Morgan fingerprint density at radius 2 is 1.95 bits per heavy atom. The van der Waals surface area contributed by atoms with Crippen molar-refractivity contribution in [1.29, 1.82) is 0 Å². The second-order valence-corrected chi connectivity index (χ2v) is 7.64. The van der Waals surface area contributed by atoms with E-state index in [4.69, 9.17) is 0 Å². The van der Waals surface area contributed by atoms with Gasteiger partial charge < -0.3 is 5.32 Å². The molecule has 2 fully saturated rings. The van der Waals surface area contributed by atoms with Crippen molar-refractivity contribution >= 4 is 5.91 Å². The number of nitrogens with zero attached hydrogens (tertiary/aromatic N) is 1. The van der Waals surface area contributed by atoms with Gasteiger partial charge in [-0.05, 0) is 44.4 Å². The lowest BCUT2D eigenvalue weighted by Crippen LogP contribution is -2.54. The highest BCUT2D eigenvalue weighted by Crippen LogP contribution is 2.37. The maximum atomic E-state index is 12.0. The largest absolute Gasteiger partial charge is 0.352 e. The SMILES string of the molecule is CCCCC1CC(NC(=O)C(C)C)CN(C(C)C2CC2)C1. The summed E-state index contributed by atoms with van der Waals surface area (Å²) in [4.78, 5) is 14.7. The standard InChI is InChI=1S/C18H34N2O/c1-5-6-7-15-10-17(19-18(21)13(2)3)12-20(11-15)14(4)16-8-9-16/h13-17H,5-12H2,1-4H3,(H,19,21). The second-order valence-electron chi connectivity index (χ2n) is 7.64. The van der Waals surface area contributed by atoms with Crippen molar-refractivity contribution < 1.29 is 4.79 Å². The molecular weight excluding hydrogens is 260 g/mol. The fourth-order valence-electron chi connectivity index (χ4n) is 3.62. The lowest BCUT2D eigenvalue weighted by atomic mass is 9.88. The van der Waals surface area contributed by atoms with Crippen molar-refractivity contribution in [3.05, 3.63) is 0 Å². The average Bonchev–Trinajstić information content (AvgIpc) is 3.28. The van der Waals surface area contributed by atoms with Gasteiger partial charge in [0, 0.05) is 31.1 Å². The molecule has 1 amide bonds. The highest BCUT2D eigenvalue weighted by Gasteiger charge is 2.36. The van der Waals surface area contributed by atoms with Crippen LogP contribution in [0.1, 0.15) is 66.2 Å². The highest BCUT2D eigenvalue weighted by molar-refractivity contribution is 5.78. The first-order chi connectivity index (χ1) is 10.0. The Labute approximate surface area is 130 Å². The molecule has 2 rings (SSSR count). The number of hydrogen-bond donors (Lipinski definition) is 1. The first-order valence-electron chi connectivity index (χ1n) is 9.05. The van der Waals surface area contributed by atoms with Crippen LogP contribution in [0, 0.1) is 17.8 Å². The lowest BCUT2D eigenvalue weighted by molar-refractivity contribution is -0.125. The van der Waals surface area contributed by atoms with Gasteiger partial charge in [0.15, 0.2) is 0 Å². The van der Waals surface area contributed by atoms with Crippen LogP contribution < -0.4 is 5.32 Å². The summed E-state index contributed by atoms with van der Waals surface area (Å²) in [7, 11) is 0. The topological polar surface area (TPSA) is 32.3 Å². The van der Waals surface area contributed by atoms with Crippen molar-refractivity contribution in [2.24, 2.45) is 17.8 Å². The third-order valence-electron chi connectivity index (χ3n) is 5.28. The fraction of sp³-hybridized carbons (Fsp3) is 0.944. The molecule has 0 bridgehead atoms. The van der Waals surface area contributed by atoms with Crippen LogP contribution in [0.15, 0.2) is 0 Å². The van der Waals surface area contributed by atoms with E-state index < -0.39 is 0 Å². The van der Waals surface area contributed by atoms with Crippen LogP contribution >= 0.6 is 0 Å². The first kappa shape index (κ1) is 16.8. The molecule has 3 heteroatoms. The summed E-state index contributed by atoms with van der Waals surface area (Å²) in [5, 5.41) is 3.29. The Bertz CT molecular complexity index is 338. The summed E-state index contributed by atoms with van der Waals surface area (Å²) in [5.74, 6) is 1.99. The Morgan fingerprint density at radius 3 is 2.52 bits per heavy atom. The molecule has 1 saturated heterocycles. The van der Waals surface area contributed by atoms with Gasteiger partial charge in [0.05, 0.1) is 0 Å². The minimum absolute atomic E-state index is 0.0929. The predicted octanol–water partition coefficient (Wildman–Crippen LogP) is 3.44. The Balaban J connectivity index is 1.93.